The van der Waals surface area contributed by atoms with Crippen LogP contribution >= 0.6 is 35.7 Å². The first-order valence-electron chi connectivity index (χ1n) is 8.52. The Morgan fingerprint density at radius 3 is 2.76 bits per heavy atom. The number of hydrogen-bond donors (Lipinski definition) is 2. The van der Waals surface area contributed by atoms with Gasteiger partial charge in [-0.2, -0.15) is 0 Å². The number of likely N-dealkylation sites (tertiary alicyclic amines) is 1. The molecular weight excluding hydrogens is 447 g/mol. The molecule has 1 fully saturated rings. The van der Waals surface area contributed by atoms with Crippen LogP contribution in [0.25, 0.3) is 0 Å². The molecule has 0 bridgehead atoms. The van der Waals surface area contributed by atoms with Crippen molar-refractivity contribution >= 4 is 47.6 Å². The zero-order chi connectivity index (χ0) is 17.4. The molecule has 140 valence electrons. The van der Waals surface area contributed by atoms with Crippen LogP contribution in [0.4, 0.5) is 0 Å². The number of piperidine rings is 1. The first-order chi connectivity index (χ1) is 11.6. The number of primary amides is 1. The van der Waals surface area contributed by atoms with E-state index in [0.29, 0.717) is 12.3 Å². The maximum Gasteiger partial charge on any atom is 0.217 e. The van der Waals surface area contributed by atoms with Crippen molar-refractivity contribution < 1.29 is 4.79 Å². The average Bonchev–Trinajstić information content (AvgIpc) is 2.56. The summed E-state index contributed by atoms with van der Waals surface area (Å²) in [5.74, 6) is 2.05. The fourth-order valence-electron chi connectivity index (χ4n) is 3.01. The quantitative estimate of drug-likeness (QED) is 0.218. The smallest absolute Gasteiger partial charge is 0.217 e. The summed E-state index contributed by atoms with van der Waals surface area (Å²) in [6.07, 6.45) is 2.62. The number of carbonyl (C=O) groups excluding carboxylic acids is 1. The second kappa shape index (κ2) is 11.6. The lowest BCUT2D eigenvalue weighted by Crippen LogP contribution is -2.47. The van der Waals surface area contributed by atoms with Crippen molar-refractivity contribution in [3.8, 4) is 0 Å². The third-order valence-electron chi connectivity index (χ3n) is 4.20. The number of rotatable bonds is 6. The van der Waals surface area contributed by atoms with Gasteiger partial charge in [0.05, 0.1) is 0 Å². The normalized spacial score (nSPS) is 17.8. The number of aryl methyl sites for hydroxylation is 1. The van der Waals surface area contributed by atoms with Gasteiger partial charge in [-0.05, 0) is 37.8 Å². The molecule has 5 nitrogen and oxygen atoms in total. The van der Waals surface area contributed by atoms with E-state index < -0.39 is 0 Å². The van der Waals surface area contributed by atoms with Crippen molar-refractivity contribution in [1.82, 2.24) is 10.2 Å². The zero-order valence-electron chi connectivity index (χ0n) is 15.0. The number of benzene rings is 1. The standard InChI is InChI=1S/C18H28N4OS.HI/c1-14-5-7-16(8-6-14)24-11-9-21-18(20-2)22-10-3-4-15(13-22)12-17(19)23;/h5-8,15H,3-4,9-13H2,1-2H3,(H2,19,23)(H,20,21);1H. The Kier molecular flexibility index (Phi) is 10.3. The van der Waals surface area contributed by atoms with Crippen LogP contribution in [0.2, 0.25) is 0 Å². The first kappa shape index (κ1) is 22.1. The van der Waals surface area contributed by atoms with E-state index in [2.05, 4.69) is 46.4 Å². The predicted molar refractivity (Wildman–Crippen MR) is 117 cm³/mol. The lowest BCUT2D eigenvalue weighted by Gasteiger charge is -2.34. The Bertz CT molecular complexity index is 565. The van der Waals surface area contributed by atoms with Crippen LogP contribution in [-0.4, -0.2) is 49.2 Å². The van der Waals surface area contributed by atoms with Crippen molar-refractivity contribution in [2.45, 2.75) is 31.1 Å². The van der Waals surface area contributed by atoms with Gasteiger partial charge in [-0.15, -0.1) is 35.7 Å². The second-order valence-electron chi connectivity index (χ2n) is 6.26. The molecule has 3 N–H and O–H groups in total. The molecule has 7 heteroatoms. The van der Waals surface area contributed by atoms with Gasteiger partial charge in [-0.25, -0.2) is 0 Å². The van der Waals surface area contributed by atoms with Crippen LogP contribution in [0.3, 0.4) is 0 Å². The highest BCUT2D eigenvalue weighted by Crippen LogP contribution is 2.20. The SMILES string of the molecule is CN=C(NCCSc1ccc(C)cc1)N1CCCC(CC(N)=O)C1.I. The van der Waals surface area contributed by atoms with Crippen molar-refractivity contribution in [3.05, 3.63) is 29.8 Å². The number of carbonyl (C=O) groups is 1. The van der Waals surface area contributed by atoms with Gasteiger partial charge in [0.2, 0.25) is 5.91 Å². The van der Waals surface area contributed by atoms with Gasteiger partial charge in [0.1, 0.15) is 0 Å². The Labute approximate surface area is 172 Å². The monoisotopic (exact) mass is 476 g/mol. The summed E-state index contributed by atoms with van der Waals surface area (Å²) in [5, 5.41) is 3.43. The van der Waals surface area contributed by atoms with Crippen LogP contribution in [0.5, 0.6) is 0 Å². The number of aliphatic imine (C=N–C) groups is 1. The molecule has 1 amide bonds. The van der Waals surface area contributed by atoms with Gasteiger partial charge >= 0.3 is 0 Å². The summed E-state index contributed by atoms with van der Waals surface area (Å²) in [7, 11) is 1.81. The maximum atomic E-state index is 11.1. The highest BCUT2D eigenvalue weighted by atomic mass is 127. The number of nitrogens with two attached hydrogens (primary N) is 1. The van der Waals surface area contributed by atoms with Crippen LogP contribution in [-0.2, 0) is 4.79 Å². The molecule has 1 aromatic carbocycles. The van der Waals surface area contributed by atoms with Crippen LogP contribution in [0, 0.1) is 12.8 Å². The van der Waals surface area contributed by atoms with Crippen LogP contribution in [0.1, 0.15) is 24.8 Å². The second-order valence-corrected chi connectivity index (χ2v) is 7.43. The number of thioether (sulfide) groups is 1. The summed E-state index contributed by atoms with van der Waals surface area (Å²) in [6, 6.07) is 8.60. The summed E-state index contributed by atoms with van der Waals surface area (Å²) in [5.41, 5.74) is 6.62. The fourth-order valence-corrected chi connectivity index (χ4v) is 3.78. The zero-order valence-corrected chi connectivity index (χ0v) is 18.2. The average molecular weight is 476 g/mol. The summed E-state index contributed by atoms with van der Waals surface area (Å²) in [4.78, 5) is 19.1. The van der Waals surface area contributed by atoms with E-state index in [9.17, 15) is 4.79 Å². The van der Waals surface area contributed by atoms with Crippen molar-refractivity contribution in [1.29, 1.82) is 0 Å². The molecular formula is C18H29IN4OS. The minimum atomic E-state index is -0.209. The molecule has 1 heterocycles. The highest BCUT2D eigenvalue weighted by molar-refractivity contribution is 14.0. The Balaban J connectivity index is 0.00000312. The van der Waals surface area contributed by atoms with Gasteiger partial charge in [0, 0.05) is 43.8 Å². The molecule has 25 heavy (non-hydrogen) atoms. The molecule has 1 atom stereocenters. The van der Waals surface area contributed by atoms with Gasteiger partial charge in [-0.1, -0.05) is 17.7 Å². The molecule has 2 rings (SSSR count). The number of amides is 1. The molecule has 0 spiro atoms. The van der Waals surface area contributed by atoms with E-state index >= 15 is 0 Å². The van der Waals surface area contributed by atoms with E-state index in [1.165, 1.54) is 10.5 Å². The van der Waals surface area contributed by atoms with Crippen LogP contribution in [0.15, 0.2) is 34.2 Å². The third-order valence-corrected chi connectivity index (χ3v) is 5.21. The molecule has 1 unspecified atom stereocenters. The Morgan fingerprint density at radius 2 is 2.12 bits per heavy atom. The Morgan fingerprint density at radius 1 is 1.40 bits per heavy atom. The highest BCUT2D eigenvalue weighted by Gasteiger charge is 2.23. The van der Waals surface area contributed by atoms with Gasteiger partial charge in [0.15, 0.2) is 5.96 Å². The minimum Gasteiger partial charge on any atom is -0.370 e. The van der Waals surface area contributed by atoms with Gasteiger partial charge in [-0.3, -0.25) is 9.79 Å². The molecule has 1 aromatic rings. The summed E-state index contributed by atoms with van der Waals surface area (Å²) in [6.45, 7) is 4.81. The van der Waals surface area contributed by atoms with Gasteiger partial charge in [0.25, 0.3) is 0 Å². The lowest BCUT2D eigenvalue weighted by molar-refractivity contribution is -0.119. The van der Waals surface area contributed by atoms with Crippen LogP contribution < -0.4 is 11.1 Å². The fraction of sp³-hybridized carbons (Fsp3) is 0.556. The molecule has 0 radical (unpaired) electrons. The predicted octanol–water partition coefficient (Wildman–Crippen LogP) is 2.87. The number of nitrogens with one attached hydrogen (secondary N) is 1. The number of hydrogen-bond acceptors (Lipinski definition) is 3. The number of guanidine groups is 1. The maximum absolute atomic E-state index is 11.1. The van der Waals surface area contributed by atoms with Crippen molar-refractivity contribution in [2.24, 2.45) is 16.6 Å². The molecule has 0 aliphatic carbocycles. The van der Waals surface area contributed by atoms with E-state index in [0.717, 1.165) is 44.2 Å². The summed E-state index contributed by atoms with van der Waals surface area (Å²) >= 11 is 1.84. The van der Waals surface area contributed by atoms with E-state index in [4.69, 9.17) is 5.73 Å². The molecule has 1 aliphatic heterocycles. The topological polar surface area (TPSA) is 70.7 Å². The summed E-state index contributed by atoms with van der Waals surface area (Å²) < 4.78 is 0. The molecule has 1 saturated heterocycles. The molecule has 1 aliphatic rings. The largest absolute Gasteiger partial charge is 0.370 e. The lowest BCUT2D eigenvalue weighted by atomic mass is 9.95. The minimum absolute atomic E-state index is 0. The third kappa shape index (κ3) is 7.85. The molecule has 0 saturated carbocycles. The Hall–Kier alpha value is -0.960. The van der Waals surface area contributed by atoms with Crippen molar-refractivity contribution in [3.63, 3.8) is 0 Å². The first-order valence-corrected chi connectivity index (χ1v) is 9.50. The van der Waals surface area contributed by atoms with E-state index in [-0.39, 0.29) is 29.9 Å². The van der Waals surface area contributed by atoms with Gasteiger partial charge < -0.3 is 16.0 Å². The van der Waals surface area contributed by atoms with Crippen molar-refractivity contribution in [2.75, 3.05) is 32.4 Å². The number of nitrogens with zero attached hydrogens (tertiary/aromatic N) is 2. The van der Waals surface area contributed by atoms with E-state index in [1.807, 2.05) is 18.8 Å². The molecule has 0 aromatic heterocycles. The number of halogens is 1. The van der Waals surface area contributed by atoms with E-state index in [1.54, 1.807) is 0 Å².